The van der Waals surface area contributed by atoms with Crippen LogP contribution in [0.25, 0.3) is 0 Å². The Morgan fingerprint density at radius 2 is 2.00 bits per heavy atom. The maximum Gasteiger partial charge on any atom is 0.322 e. The van der Waals surface area contributed by atoms with E-state index in [1.807, 2.05) is 29.9 Å². The summed E-state index contributed by atoms with van der Waals surface area (Å²) in [6.07, 6.45) is 2.85. The molecule has 1 aliphatic rings. The van der Waals surface area contributed by atoms with Crippen molar-refractivity contribution in [2.75, 3.05) is 44.7 Å². The van der Waals surface area contributed by atoms with Crippen molar-refractivity contribution in [3.63, 3.8) is 0 Å². The molecule has 0 aliphatic carbocycles. The SMILES string of the molecule is Cn1cccc1CN(CCC[NH+]1CCOCC1)C(=O)Nc1ccc([N+](=O)[O-])cc1. The third-order valence-electron chi connectivity index (χ3n) is 5.18. The molecule has 0 radical (unpaired) electrons. The van der Waals surface area contributed by atoms with Crippen molar-refractivity contribution in [3.8, 4) is 0 Å². The first-order valence-corrected chi connectivity index (χ1v) is 9.85. The predicted molar refractivity (Wildman–Crippen MR) is 109 cm³/mol. The normalized spacial score (nSPS) is 14.5. The number of amides is 2. The van der Waals surface area contributed by atoms with E-state index in [2.05, 4.69) is 5.32 Å². The molecule has 29 heavy (non-hydrogen) atoms. The second-order valence-electron chi connectivity index (χ2n) is 7.23. The van der Waals surface area contributed by atoms with Crippen LogP contribution >= 0.6 is 0 Å². The number of carbonyl (C=O) groups excluding carboxylic acids is 1. The standard InChI is InChI=1S/C20H27N5O4/c1-22-9-2-4-19(22)16-24(11-3-10-23-12-14-29-15-13-23)20(26)21-17-5-7-18(8-6-17)25(27)28/h2,4-9H,3,10-16H2,1H3,(H,21,26)/p+1. The van der Waals surface area contributed by atoms with Gasteiger partial charge in [-0.1, -0.05) is 0 Å². The van der Waals surface area contributed by atoms with Crippen LogP contribution in [0.4, 0.5) is 16.2 Å². The van der Waals surface area contributed by atoms with Gasteiger partial charge in [0.05, 0.1) is 31.2 Å². The number of nitrogens with zero attached hydrogens (tertiary/aromatic N) is 3. The summed E-state index contributed by atoms with van der Waals surface area (Å²) < 4.78 is 7.40. The zero-order valence-electron chi connectivity index (χ0n) is 16.7. The van der Waals surface area contributed by atoms with E-state index in [0.717, 1.165) is 45.0 Å². The Bertz CT molecular complexity index is 815. The molecule has 2 amide bonds. The third-order valence-corrected chi connectivity index (χ3v) is 5.18. The summed E-state index contributed by atoms with van der Waals surface area (Å²) in [6, 6.07) is 9.62. The van der Waals surface area contributed by atoms with E-state index in [1.54, 1.807) is 17.0 Å². The van der Waals surface area contributed by atoms with Crippen LogP contribution in [0, 0.1) is 10.1 Å². The van der Waals surface area contributed by atoms with Crippen LogP contribution in [0.15, 0.2) is 42.6 Å². The number of anilines is 1. The summed E-state index contributed by atoms with van der Waals surface area (Å²) in [5, 5.41) is 13.7. The Balaban J connectivity index is 1.61. The van der Waals surface area contributed by atoms with Gasteiger partial charge in [-0.15, -0.1) is 0 Å². The van der Waals surface area contributed by atoms with Gasteiger partial charge in [0.15, 0.2) is 0 Å². The Kier molecular flexibility index (Phi) is 7.20. The number of morpholine rings is 1. The van der Waals surface area contributed by atoms with E-state index >= 15 is 0 Å². The third kappa shape index (κ3) is 6.03. The van der Waals surface area contributed by atoms with E-state index in [9.17, 15) is 14.9 Å². The zero-order chi connectivity index (χ0) is 20.6. The number of nitrogens with one attached hydrogen (secondary N) is 2. The lowest BCUT2D eigenvalue weighted by Gasteiger charge is -2.26. The Hall–Kier alpha value is -2.91. The zero-order valence-corrected chi connectivity index (χ0v) is 16.7. The molecule has 1 aliphatic heterocycles. The smallest absolute Gasteiger partial charge is 0.322 e. The number of hydrogen-bond donors (Lipinski definition) is 2. The molecule has 0 unspecified atom stereocenters. The average Bonchev–Trinajstić information content (AvgIpc) is 3.13. The fraction of sp³-hybridized carbons (Fsp3) is 0.450. The number of ether oxygens (including phenoxy) is 1. The second-order valence-corrected chi connectivity index (χ2v) is 7.23. The molecule has 0 saturated carbocycles. The quantitative estimate of drug-likeness (QED) is 0.514. The number of hydrogen-bond acceptors (Lipinski definition) is 4. The molecule has 156 valence electrons. The second kappa shape index (κ2) is 10.0. The molecule has 2 heterocycles. The van der Waals surface area contributed by atoms with Gasteiger partial charge >= 0.3 is 6.03 Å². The van der Waals surface area contributed by atoms with Gasteiger partial charge in [-0.2, -0.15) is 0 Å². The minimum atomic E-state index is -0.457. The number of nitro groups is 1. The first-order chi connectivity index (χ1) is 14.0. The molecule has 1 aromatic carbocycles. The molecular formula is C20H28N5O4+. The van der Waals surface area contributed by atoms with Crippen LogP contribution in [-0.4, -0.2) is 59.8 Å². The molecule has 2 N–H and O–H groups in total. The first kappa shape index (κ1) is 20.8. The maximum absolute atomic E-state index is 12.9. The van der Waals surface area contributed by atoms with E-state index in [-0.39, 0.29) is 11.7 Å². The van der Waals surface area contributed by atoms with Crippen LogP contribution in [0.3, 0.4) is 0 Å². The van der Waals surface area contributed by atoms with Gasteiger partial charge < -0.3 is 24.4 Å². The van der Waals surface area contributed by atoms with Crippen LogP contribution in [0.5, 0.6) is 0 Å². The predicted octanol–water partition coefficient (Wildman–Crippen LogP) is 1.27. The molecule has 1 saturated heterocycles. The molecule has 0 atom stereocenters. The number of rotatable bonds is 8. The number of nitro benzene ring substituents is 1. The van der Waals surface area contributed by atoms with Gasteiger partial charge in [0.1, 0.15) is 13.1 Å². The molecule has 0 bridgehead atoms. The Morgan fingerprint density at radius 3 is 2.62 bits per heavy atom. The van der Waals surface area contributed by atoms with Crippen molar-refractivity contribution in [2.45, 2.75) is 13.0 Å². The highest BCUT2D eigenvalue weighted by Gasteiger charge is 2.18. The summed E-state index contributed by atoms with van der Waals surface area (Å²) in [6.45, 7) is 5.73. The fourth-order valence-corrected chi connectivity index (χ4v) is 3.41. The number of carbonyl (C=O) groups is 1. The lowest BCUT2D eigenvalue weighted by molar-refractivity contribution is -0.908. The van der Waals surface area contributed by atoms with E-state index < -0.39 is 4.92 Å². The van der Waals surface area contributed by atoms with Crippen LogP contribution < -0.4 is 10.2 Å². The highest BCUT2D eigenvalue weighted by molar-refractivity contribution is 5.89. The summed E-state index contributed by atoms with van der Waals surface area (Å²) in [5.41, 5.74) is 1.58. The Labute approximate surface area is 170 Å². The average molecular weight is 402 g/mol. The number of benzene rings is 1. The van der Waals surface area contributed by atoms with Gasteiger partial charge in [-0.3, -0.25) is 10.1 Å². The molecule has 1 aromatic heterocycles. The minimum absolute atomic E-state index is 0.00264. The van der Waals surface area contributed by atoms with Gasteiger partial charge in [-0.25, -0.2) is 4.79 Å². The monoisotopic (exact) mass is 402 g/mol. The molecule has 9 heteroatoms. The lowest BCUT2D eigenvalue weighted by atomic mass is 10.3. The van der Waals surface area contributed by atoms with Crippen LogP contribution in [0.1, 0.15) is 12.1 Å². The number of urea groups is 1. The van der Waals surface area contributed by atoms with Crippen molar-refractivity contribution in [2.24, 2.45) is 7.05 Å². The fourth-order valence-electron chi connectivity index (χ4n) is 3.41. The van der Waals surface area contributed by atoms with Crippen molar-refractivity contribution >= 4 is 17.4 Å². The van der Waals surface area contributed by atoms with Crippen molar-refractivity contribution in [3.05, 3.63) is 58.4 Å². The highest BCUT2D eigenvalue weighted by atomic mass is 16.6. The van der Waals surface area contributed by atoms with Crippen molar-refractivity contribution in [1.29, 1.82) is 0 Å². The summed E-state index contributed by atoms with van der Waals surface area (Å²) in [5.74, 6) is 0. The van der Waals surface area contributed by atoms with Crippen molar-refractivity contribution < 1.29 is 19.4 Å². The number of non-ortho nitro benzene ring substituents is 1. The summed E-state index contributed by atoms with van der Waals surface area (Å²) in [7, 11) is 1.96. The van der Waals surface area contributed by atoms with Gasteiger partial charge in [0.2, 0.25) is 0 Å². The molecule has 0 spiro atoms. The number of aromatic nitrogens is 1. The topological polar surface area (TPSA) is 94.1 Å². The van der Waals surface area contributed by atoms with E-state index in [1.165, 1.54) is 17.0 Å². The van der Waals surface area contributed by atoms with Gasteiger partial charge in [0.25, 0.3) is 5.69 Å². The van der Waals surface area contributed by atoms with E-state index in [4.69, 9.17) is 4.74 Å². The Morgan fingerprint density at radius 1 is 1.28 bits per heavy atom. The number of aryl methyl sites for hydroxylation is 1. The number of quaternary nitrogens is 1. The maximum atomic E-state index is 12.9. The molecular weight excluding hydrogens is 374 g/mol. The lowest BCUT2D eigenvalue weighted by Crippen LogP contribution is -3.14. The van der Waals surface area contributed by atoms with Gasteiger partial charge in [0, 0.05) is 49.7 Å². The summed E-state index contributed by atoms with van der Waals surface area (Å²) in [4.78, 5) is 26.5. The molecule has 3 rings (SSSR count). The molecule has 1 fully saturated rings. The van der Waals surface area contributed by atoms with Crippen molar-refractivity contribution in [1.82, 2.24) is 9.47 Å². The largest absolute Gasteiger partial charge is 0.370 e. The molecule has 9 nitrogen and oxygen atoms in total. The van der Waals surface area contributed by atoms with Crippen LogP contribution in [-0.2, 0) is 18.3 Å². The molecule has 2 aromatic rings. The van der Waals surface area contributed by atoms with Crippen LogP contribution in [0.2, 0.25) is 0 Å². The first-order valence-electron chi connectivity index (χ1n) is 9.85. The van der Waals surface area contributed by atoms with Gasteiger partial charge in [-0.05, 0) is 24.3 Å². The minimum Gasteiger partial charge on any atom is -0.370 e. The summed E-state index contributed by atoms with van der Waals surface area (Å²) >= 11 is 0. The van der Waals surface area contributed by atoms with E-state index in [0.29, 0.717) is 18.8 Å². The highest BCUT2D eigenvalue weighted by Crippen LogP contribution is 2.16.